The number of carbonyl (C=O) groups excluding carboxylic acids is 2. The molecule has 1 unspecified atom stereocenters. The average Bonchev–Trinajstić information content (AvgIpc) is 3.05. The molecule has 0 aliphatic carbocycles. The molecule has 0 spiro atoms. The molecule has 0 bridgehead atoms. The standard InChI is InChI=1S/C19H30N4O2/c1-5-22(6-2)18(24)15-7-9-16(10-8-15)20-19(25)21-17-11-12-23(13-17)14(3)4/h7-10,14,17H,5-6,11-13H2,1-4H3,(H2,20,21,25). The van der Waals surface area contributed by atoms with Gasteiger partial charge in [-0.2, -0.15) is 0 Å². The van der Waals surface area contributed by atoms with Gasteiger partial charge in [0.2, 0.25) is 0 Å². The highest BCUT2D eigenvalue weighted by molar-refractivity contribution is 5.95. The second kappa shape index (κ2) is 8.85. The molecule has 2 rings (SSSR count). The summed E-state index contributed by atoms with van der Waals surface area (Å²) in [6.07, 6.45) is 0.975. The Morgan fingerprint density at radius 3 is 2.36 bits per heavy atom. The zero-order chi connectivity index (χ0) is 18.4. The number of nitrogens with zero attached hydrogens (tertiary/aromatic N) is 2. The van der Waals surface area contributed by atoms with Crippen molar-refractivity contribution in [1.82, 2.24) is 15.1 Å². The lowest BCUT2D eigenvalue weighted by atomic mass is 10.2. The fourth-order valence-corrected chi connectivity index (χ4v) is 3.12. The van der Waals surface area contributed by atoms with Crippen molar-refractivity contribution in [3.05, 3.63) is 29.8 Å². The normalized spacial score (nSPS) is 17.6. The zero-order valence-electron chi connectivity index (χ0n) is 15.7. The Morgan fingerprint density at radius 2 is 1.84 bits per heavy atom. The summed E-state index contributed by atoms with van der Waals surface area (Å²) in [5.41, 5.74) is 1.32. The molecule has 0 radical (unpaired) electrons. The van der Waals surface area contributed by atoms with Crippen LogP contribution in [0.15, 0.2) is 24.3 Å². The van der Waals surface area contributed by atoms with Crippen molar-refractivity contribution in [2.45, 2.75) is 46.2 Å². The fraction of sp³-hybridized carbons (Fsp3) is 0.579. The Morgan fingerprint density at radius 1 is 1.20 bits per heavy atom. The molecule has 1 aliphatic rings. The molecule has 6 heteroatoms. The minimum atomic E-state index is -0.196. The molecule has 1 atom stereocenters. The van der Waals surface area contributed by atoms with Gasteiger partial charge in [0.15, 0.2) is 0 Å². The van der Waals surface area contributed by atoms with Crippen molar-refractivity contribution in [3.8, 4) is 0 Å². The first-order valence-corrected chi connectivity index (χ1v) is 9.15. The Kier molecular flexibility index (Phi) is 6.82. The van der Waals surface area contributed by atoms with Crippen LogP contribution in [0.5, 0.6) is 0 Å². The Labute approximate surface area is 150 Å². The van der Waals surface area contributed by atoms with Gasteiger partial charge in [-0.1, -0.05) is 0 Å². The molecular weight excluding hydrogens is 316 g/mol. The van der Waals surface area contributed by atoms with Crippen LogP contribution >= 0.6 is 0 Å². The topological polar surface area (TPSA) is 64.7 Å². The van der Waals surface area contributed by atoms with Crippen LogP contribution in [0.25, 0.3) is 0 Å². The molecule has 1 fully saturated rings. The van der Waals surface area contributed by atoms with Crippen LogP contribution in [0.3, 0.4) is 0 Å². The predicted octanol–water partition coefficient (Wildman–Crippen LogP) is 2.77. The summed E-state index contributed by atoms with van der Waals surface area (Å²) in [6, 6.07) is 7.55. The maximum atomic E-state index is 12.3. The van der Waals surface area contributed by atoms with E-state index in [-0.39, 0.29) is 18.0 Å². The van der Waals surface area contributed by atoms with Gasteiger partial charge in [-0.25, -0.2) is 4.79 Å². The third-order valence-corrected chi connectivity index (χ3v) is 4.73. The summed E-state index contributed by atoms with van der Waals surface area (Å²) in [4.78, 5) is 28.6. The number of urea groups is 1. The second-order valence-corrected chi connectivity index (χ2v) is 6.73. The molecule has 1 aromatic carbocycles. The van der Waals surface area contributed by atoms with Crippen molar-refractivity contribution in [2.75, 3.05) is 31.5 Å². The van der Waals surface area contributed by atoms with Crippen molar-refractivity contribution in [2.24, 2.45) is 0 Å². The highest BCUT2D eigenvalue weighted by atomic mass is 16.2. The summed E-state index contributed by atoms with van der Waals surface area (Å²) in [6.45, 7) is 11.6. The number of nitrogens with one attached hydrogen (secondary N) is 2. The summed E-state index contributed by atoms with van der Waals surface area (Å²) >= 11 is 0. The minimum Gasteiger partial charge on any atom is -0.339 e. The number of anilines is 1. The first-order valence-electron chi connectivity index (χ1n) is 9.15. The molecule has 25 heavy (non-hydrogen) atoms. The molecule has 1 aromatic rings. The largest absolute Gasteiger partial charge is 0.339 e. The number of amides is 3. The van der Waals surface area contributed by atoms with Crippen LogP contribution in [0.2, 0.25) is 0 Å². The lowest BCUT2D eigenvalue weighted by Crippen LogP contribution is -2.40. The molecule has 0 saturated carbocycles. The van der Waals surface area contributed by atoms with E-state index < -0.39 is 0 Å². The van der Waals surface area contributed by atoms with Crippen molar-refractivity contribution in [1.29, 1.82) is 0 Å². The first kappa shape index (κ1) is 19.2. The SMILES string of the molecule is CCN(CC)C(=O)c1ccc(NC(=O)NC2CCN(C(C)C)C2)cc1. The lowest BCUT2D eigenvalue weighted by Gasteiger charge is -2.20. The maximum Gasteiger partial charge on any atom is 0.319 e. The molecule has 2 N–H and O–H groups in total. The van der Waals surface area contributed by atoms with E-state index in [4.69, 9.17) is 0 Å². The van der Waals surface area contributed by atoms with E-state index in [0.29, 0.717) is 30.4 Å². The Hall–Kier alpha value is -2.08. The van der Waals surface area contributed by atoms with E-state index in [2.05, 4.69) is 29.4 Å². The van der Waals surface area contributed by atoms with E-state index in [9.17, 15) is 9.59 Å². The zero-order valence-corrected chi connectivity index (χ0v) is 15.7. The monoisotopic (exact) mass is 346 g/mol. The molecule has 1 heterocycles. The summed E-state index contributed by atoms with van der Waals surface area (Å²) < 4.78 is 0. The van der Waals surface area contributed by atoms with Gasteiger partial charge in [-0.3, -0.25) is 9.69 Å². The van der Waals surface area contributed by atoms with E-state index in [0.717, 1.165) is 19.5 Å². The van der Waals surface area contributed by atoms with Crippen molar-refractivity contribution in [3.63, 3.8) is 0 Å². The lowest BCUT2D eigenvalue weighted by molar-refractivity contribution is 0.0773. The van der Waals surface area contributed by atoms with Gasteiger partial charge in [-0.15, -0.1) is 0 Å². The van der Waals surface area contributed by atoms with Crippen molar-refractivity contribution >= 4 is 17.6 Å². The third kappa shape index (κ3) is 5.19. The Balaban J connectivity index is 1.86. The van der Waals surface area contributed by atoms with Gasteiger partial charge < -0.3 is 15.5 Å². The van der Waals surface area contributed by atoms with E-state index in [1.165, 1.54) is 0 Å². The van der Waals surface area contributed by atoms with E-state index in [1.807, 2.05) is 13.8 Å². The second-order valence-electron chi connectivity index (χ2n) is 6.73. The molecular formula is C19H30N4O2. The van der Waals surface area contributed by atoms with Crippen LogP contribution in [-0.2, 0) is 0 Å². The van der Waals surface area contributed by atoms with Crippen LogP contribution in [0.4, 0.5) is 10.5 Å². The summed E-state index contributed by atoms with van der Waals surface area (Å²) in [5.74, 6) is 0.0146. The van der Waals surface area contributed by atoms with Crippen molar-refractivity contribution < 1.29 is 9.59 Å². The van der Waals surface area contributed by atoms with Crippen LogP contribution in [-0.4, -0.2) is 60.0 Å². The van der Waals surface area contributed by atoms with E-state index in [1.54, 1.807) is 29.2 Å². The van der Waals surface area contributed by atoms with Crippen LogP contribution in [0.1, 0.15) is 44.5 Å². The van der Waals surface area contributed by atoms with Crippen LogP contribution in [0, 0.1) is 0 Å². The van der Waals surface area contributed by atoms with Crippen LogP contribution < -0.4 is 10.6 Å². The number of hydrogen-bond donors (Lipinski definition) is 2. The highest BCUT2D eigenvalue weighted by Gasteiger charge is 2.25. The molecule has 1 aliphatic heterocycles. The van der Waals surface area contributed by atoms with Gasteiger partial charge in [0, 0.05) is 49.5 Å². The number of rotatable bonds is 6. The van der Waals surface area contributed by atoms with Gasteiger partial charge in [-0.05, 0) is 58.4 Å². The molecule has 6 nitrogen and oxygen atoms in total. The maximum absolute atomic E-state index is 12.3. The van der Waals surface area contributed by atoms with Gasteiger partial charge in [0.05, 0.1) is 0 Å². The Bertz CT molecular complexity index is 582. The first-order chi connectivity index (χ1) is 11.9. The van der Waals surface area contributed by atoms with Gasteiger partial charge in [0.25, 0.3) is 5.91 Å². The minimum absolute atomic E-state index is 0.0146. The molecule has 0 aromatic heterocycles. The highest BCUT2D eigenvalue weighted by Crippen LogP contribution is 2.14. The fourth-order valence-electron chi connectivity index (χ4n) is 3.12. The molecule has 3 amide bonds. The third-order valence-electron chi connectivity index (χ3n) is 4.73. The molecule has 1 saturated heterocycles. The van der Waals surface area contributed by atoms with Gasteiger partial charge >= 0.3 is 6.03 Å². The smallest absolute Gasteiger partial charge is 0.319 e. The predicted molar refractivity (Wildman–Crippen MR) is 101 cm³/mol. The number of benzene rings is 1. The van der Waals surface area contributed by atoms with Gasteiger partial charge in [0.1, 0.15) is 0 Å². The number of hydrogen-bond acceptors (Lipinski definition) is 3. The average molecular weight is 346 g/mol. The quantitative estimate of drug-likeness (QED) is 0.832. The summed E-state index contributed by atoms with van der Waals surface area (Å²) in [7, 11) is 0. The number of carbonyl (C=O) groups is 2. The molecule has 138 valence electrons. The van der Waals surface area contributed by atoms with E-state index >= 15 is 0 Å². The number of likely N-dealkylation sites (tertiary alicyclic amines) is 1. The summed E-state index contributed by atoms with van der Waals surface area (Å²) in [5, 5.41) is 5.86.